The summed E-state index contributed by atoms with van der Waals surface area (Å²) in [5, 5.41) is 3.47. The van der Waals surface area contributed by atoms with Gasteiger partial charge in [0.25, 0.3) is 0 Å². The molecule has 1 aromatic rings. The summed E-state index contributed by atoms with van der Waals surface area (Å²) in [7, 11) is 1.83. The normalized spacial score (nSPS) is 26.5. The van der Waals surface area contributed by atoms with Crippen LogP contribution >= 0.6 is 0 Å². The fourth-order valence-electron chi connectivity index (χ4n) is 4.44. The second kappa shape index (κ2) is 10.3. The van der Waals surface area contributed by atoms with Crippen LogP contribution in [0.1, 0.15) is 50.5 Å². The van der Waals surface area contributed by atoms with E-state index in [0.29, 0.717) is 19.3 Å². The second-order valence-electron chi connectivity index (χ2n) is 8.19. The Morgan fingerprint density at radius 1 is 1.14 bits per heavy atom. The lowest BCUT2D eigenvalue weighted by Gasteiger charge is -2.37. The summed E-state index contributed by atoms with van der Waals surface area (Å²) in [4.78, 5) is 11.2. The Bertz CT molecular complexity index is 655. The van der Waals surface area contributed by atoms with Crippen molar-refractivity contribution < 1.29 is 14.2 Å². The van der Waals surface area contributed by atoms with Gasteiger partial charge in [-0.1, -0.05) is 12.5 Å². The molecule has 4 rings (SSSR count). The first-order chi connectivity index (χ1) is 14.3. The van der Waals surface area contributed by atoms with Crippen molar-refractivity contribution in [2.45, 2.75) is 69.8 Å². The molecule has 2 aliphatic heterocycles. The van der Waals surface area contributed by atoms with Gasteiger partial charge in [-0.15, -0.1) is 0 Å². The molecule has 2 saturated heterocycles. The van der Waals surface area contributed by atoms with Crippen molar-refractivity contribution in [1.29, 1.82) is 0 Å². The van der Waals surface area contributed by atoms with E-state index >= 15 is 0 Å². The maximum absolute atomic E-state index is 6.02. The lowest BCUT2D eigenvalue weighted by atomic mass is 9.98. The Kier molecular flexibility index (Phi) is 7.22. The third kappa shape index (κ3) is 5.60. The molecule has 1 saturated carbocycles. The van der Waals surface area contributed by atoms with Gasteiger partial charge >= 0.3 is 0 Å². The van der Waals surface area contributed by atoms with Crippen molar-refractivity contribution in [3.05, 3.63) is 23.9 Å². The van der Waals surface area contributed by atoms with Crippen LogP contribution in [0.15, 0.2) is 23.3 Å². The number of nitrogens with one attached hydrogen (secondary N) is 1. The molecule has 0 aromatic carbocycles. The van der Waals surface area contributed by atoms with E-state index in [4.69, 9.17) is 14.2 Å². The minimum Gasteiger partial charge on any atom is -0.474 e. The number of morpholine rings is 1. The zero-order chi connectivity index (χ0) is 19.9. The fraction of sp³-hybridized carbons (Fsp3) is 0.727. The van der Waals surface area contributed by atoms with Crippen molar-refractivity contribution in [3.63, 3.8) is 0 Å². The summed E-state index contributed by atoms with van der Waals surface area (Å²) in [6, 6.07) is 4.07. The van der Waals surface area contributed by atoms with Crippen LogP contribution in [0.5, 0.6) is 5.88 Å². The topological polar surface area (TPSA) is 68.2 Å². The third-order valence-corrected chi connectivity index (χ3v) is 6.07. The van der Waals surface area contributed by atoms with Crippen molar-refractivity contribution in [3.8, 4) is 5.88 Å². The van der Waals surface area contributed by atoms with E-state index in [0.717, 1.165) is 62.8 Å². The summed E-state index contributed by atoms with van der Waals surface area (Å²) in [6.07, 6.45) is 10.9. The van der Waals surface area contributed by atoms with Crippen LogP contribution in [0.4, 0.5) is 0 Å². The predicted molar refractivity (Wildman–Crippen MR) is 112 cm³/mol. The Hall–Kier alpha value is -1.86. The quantitative estimate of drug-likeness (QED) is 0.603. The highest BCUT2D eigenvalue weighted by Gasteiger charge is 2.32. The van der Waals surface area contributed by atoms with Gasteiger partial charge in [0.15, 0.2) is 5.96 Å². The molecule has 7 heteroatoms. The van der Waals surface area contributed by atoms with E-state index in [-0.39, 0.29) is 12.2 Å². The van der Waals surface area contributed by atoms with Crippen molar-refractivity contribution in [1.82, 2.24) is 15.2 Å². The summed E-state index contributed by atoms with van der Waals surface area (Å²) in [5.74, 6) is 1.64. The highest BCUT2D eigenvalue weighted by molar-refractivity contribution is 5.80. The molecule has 3 heterocycles. The number of rotatable bonds is 5. The van der Waals surface area contributed by atoms with E-state index in [9.17, 15) is 0 Å². The Labute approximate surface area is 173 Å². The monoisotopic (exact) mass is 402 g/mol. The number of aromatic nitrogens is 1. The predicted octanol–water partition coefficient (Wildman–Crippen LogP) is 2.75. The fourth-order valence-corrected chi connectivity index (χ4v) is 4.44. The molecule has 3 aliphatic rings. The van der Waals surface area contributed by atoms with Gasteiger partial charge in [-0.3, -0.25) is 4.99 Å². The molecular formula is C22H34N4O3. The minimum absolute atomic E-state index is 0.127. The Morgan fingerprint density at radius 3 is 2.72 bits per heavy atom. The molecule has 0 radical (unpaired) electrons. The summed E-state index contributed by atoms with van der Waals surface area (Å²) < 4.78 is 17.8. The number of nitrogens with zero attached hydrogens (tertiary/aromatic N) is 3. The van der Waals surface area contributed by atoms with Crippen LogP contribution in [-0.2, 0) is 16.0 Å². The first-order valence-corrected chi connectivity index (χ1v) is 11.1. The van der Waals surface area contributed by atoms with Crippen LogP contribution in [-0.4, -0.2) is 67.5 Å². The van der Waals surface area contributed by atoms with Gasteiger partial charge in [-0.25, -0.2) is 4.98 Å². The Morgan fingerprint density at radius 2 is 2.00 bits per heavy atom. The number of ether oxygens (including phenoxy) is 3. The molecular weight excluding hydrogens is 368 g/mol. The molecule has 3 fully saturated rings. The van der Waals surface area contributed by atoms with Gasteiger partial charge in [-0.2, -0.15) is 0 Å². The van der Waals surface area contributed by atoms with Gasteiger partial charge in [-0.05, 0) is 44.1 Å². The standard InChI is InChI=1S/C22H34N4O3/c1-23-22(26-11-13-28-20(16-26)19-8-5-12-27-19)25-15-17-9-10-21(24-14-17)29-18-6-3-2-4-7-18/h9-10,14,18-20H,2-8,11-13,15-16H2,1H3,(H,23,25). The highest BCUT2D eigenvalue weighted by atomic mass is 16.5. The van der Waals surface area contributed by atoms with E-state index in [1.807, 2.05) is 19.3 Å². The van der Waals surface area contributed by atoms with E-state index in [1.54, 1.807) is 0 Å². The Balaban J connectivity index is 1.26. The molecule has 1 aromatic heterocycles. The van der Waals surface area contributed by atoms with Gasteiger partial charge in [0.1, 0.15) is 12.2 Å². The number of aliphatic imine (C=N–C) groups is 1. The summed E-state index contributed by atoms with van der Waals surface area (Å²) >= 11 is 0. The first-order valence-electron chi connectivity index (χ1n) is 11.1. The molecule has 1 aliphatic carbocycles. The van der Waals surface area contributed by atoms with E-state index in [2.05, 4.69) is 26.3 Å². The molecule has 1 N–H and O–H groups in total. The minimum atomic E-state index is 0.127. The summed E-state index contributed by atoms with van der Waals surface area (Å²) in [5.41, 5.74) is 1.12. The number of guanidine groups is 1. The average molecular weight is 403 g/mol. The molecule has 2 unspecified atom stereocenters. The van der Waals surface area contributed by atoms with Crippen molar-refractivity contribution in [2.75, 3.05) is 33.4 Å². The van der Waals surface area contributed by atoms with Gasteiger partial charge < -0.3 is 24.4 Å². The van der Waals surface area contributed by atoms with Crippen molar-refractivity contribution >= 4 is 5.96 Å². The van der Waals surface area contributed by atoms with Crippen LogP contribution in [0, 0.1) is 0 Å². The molecule has 0 spiro atoms. The van der Waals surface area contributed by atoms with Crippen LogP contribution in [0.2, 0.25) is 0 Å². The number of hydrogen-bond donors (Lipinski definition) is 1. The molecule has 160 valence electrons. The van der Waals surface area contributed by atoms with Gasteiger partial charge in [0.05, 0.1) is 12.7 Å². The maximum Gasteiger partial charge on any atom is 0.213 e. The SMILES string of the molecule is CN=C(NCc1ccc(OC2CCCCC2)nc1)N1CCOC(C2CCCO2)C1. The molecule has 0 amide bonds. The largest absolute Gasteiger partial charge is 0.474 e. The zero-order valence-corrected chi connectivity index (χ0v) is 17.5. The van der Waals surface area contributed by atoms with Gasteiger partial charge in [0, 0.05) is 45.6 Å². The molecule has 2 atom stereocenters. The lowest BCUT2D eigenvalue weighted by molar-refractivity contribution is -0.0817. The smallest absolute Gasteiger partial charge is 0.213 e. The van der Waals surface area contributed by atoms with E-state index in [1.165, 1.54) is 19.3 Å². The lowest BCUT2D eigenvalue weighted by Crippen LogP contribution is -2.53. The molecule has 0 bridgehead atoms. The molecule has 7 nitrogen and oxygen atoms in total. The zero-order valence-electron chi connectivity index (χ0n) is 17.5. The number of hydrogen-bond acceptors (Lipinski definition) is 5. The van der Waals surface area contributed by atoms with Crippen LogP contribution in [0.3, 0.4) is 0 Å². The first kappa shape index (κ1) is 20.4. The molecule has 29 heavy (non-hydrogen) atoms. The maximum atomic E-state index is 6.02. The third-order valence-electron chi connectivity index (χ3n) is 6.07. The second-order valence-corrected chi connectivity index (χ2v) is 8.19. The van der Waals surface area contributed by atoms with Crippen molar-refractivity contribution in [2.24, 2.45) is 4.99 Å². The van der Waals surface area contributed by atoms with Gasteiger partial charge in [0.2, 0.25) is 5.88 Å². The van der Waals surface area contributed by atoms with Crippen LogP contribution in [0.25, 0.3) is 0 Å². The summed E-state index contributed by atoms with van der Waals surface area (Å²) in [6.45, 7) is 3.91. The highest BCUT2D eigenvalue weighted by Crippen LogP contribution is 2.23. The number of pyridine rings is 1. The van der Waals surface area contributed by atoms with E-state index < -0.39 is 0 Å². The van der Waals surface area contributed by atoms with Crippen LogP contribution < -0.4 is 10.1 Å². The average Bonchev–Trinajstić information content (AvgIpc) is 3.31.